The van der Waals surface area contributed by atoms with Crippen LogP contribution in [-0.2, 0) is 15.4 Å². The van der Waals surface area contributed by atoms with Crippen LogP contribution in [0.15, 0.2) is 53.4 Å². The molecule has 0 radical (unpaired) electrons. The van der Waals surface area contributed by atoms with Crippen LogP contribution in [-0.4, -0.2) is 32.5 Å². The molecule has 0 saturated carbocycles. The molecule has 0 fully saturated rings. The number of benzene rings is 2. The van der Waals surface area contributed by atoms with E-state index in [4.69, 9.17) is 4.74 Å². The predicted octanol–water partition coefficient (Wildman–Crippen LogP) is 3.10. The lowest BCUT2D eigenvalue weighted by Gasteiger charge is -2.28. The predicted molar refractivity (Wildman–Crippen MR) is 103 cm³/mol. The number of hydrogen-bond acceptors (Lipinski definition) is 4. The second kappa shape index (κ2) is 7.32. The maximum absolute atomic E-state index is 12.5. The van der Waals surface area contributed by atoms with Gasteiger partial charge in [-0.05, 0) is 35.2 Å². The third kappa shape index (κ3) is 4.31. The molecule has 1 N–H and O–H groups in total. The molecule has 1 aliphatic rings. The van der Waals surface area contributed by atoms with E-state index in [1.807, 2.05) is 24.3 Å². The molecule has 1 amide bonds. The van der Waals surface area contributed by atoms with Gasteiger partial charge in [0.05, 0.1) is 17.1 Å². The van der Waals surface area contributed by atoms with E-state index in [-0.39, 0.29) is 28.3 Å². The van der Waals surface area contributed by atoms with Crippen LogP contribution in [0.5, 0.6) is 5.75 Å². The van der Waals surface area contributed by atoms with E-state index in [0.29, 0.717) is 13.0 Å². The summed E-state index contributed by atoms with van der Waals surface area (Å²) in [5.41, 5.74) is 1.50. The van der Waals surface area contributed by atoms with Gasteiger partial charge in [0.25, 0.3) is 15.9 Å². The monoisotopic (exact) mass is 388 g/mol. The fourth-order valence-corrected chi connectivity index (χ4v) is 4.14. The Labute approximate surface area is 160 Å². The second-order valence-electron chi connectivity index (χ2n) is 7.52. The van der Waals surface area contributed by atoms with Crippen LogP contribution in [0.3, 0.4) is 0 Å². The SMILES string of the molecule is CC(C)(C)c1ccc(OCCCN2NS(=O)(=O)c3ccccc3C2=O)cc1. The normalized spacial score (nSPS) is 16.1. The molecule has 0 bridgehead atoms. The standard InChI is InChI=1S/C20H24N2O4S/c1-20(2,3)15-9-11-16(12-10-15)26-14-6-13-22-19(23)17-7-4-5-8-18(17)27(24,25)21-22/h4-5,7-12,21H,6,13-14H2,1-3H3. The molecule has 1 heterocycles. The summed E-state index contributed by atoms with van der Waals surface area (Å²) < 4.78 is 30.2. The molecule has 6 nitrogen and oxygen atoms in total. The Balaban J connectivity index is 1.56. The number of hydrazine groups is 1. The number of amides is 1. The van der Waals surface area contributed by atoms with Crippen molar-refractivity contribution in [3.63, 3.8) is 0 Å². The van der Waals surface area contributed by atoms with Crippen molar-refractivity contribution in [1.29, 1.82) is 0 Å². The molecule has 2 aromatic rings. The van der Waals surface area contributed by atoms with E-state index >= 15 is 0 Å². The first-order valence-corrected chi connectivity index (χ1v) is 10.3. The summed E-state index contributed by atoms with van der Waals surface area (Å²) in [5.74, 6) is 0.397. The van der Waals surface area contributed by atoms with Crippen molar-refractivity contribution < 1.29 is 17.9 Å². The number of carbonyl (C=O) groups is 1. The van der Waals surface area contributed by atoms with E-state index in [1.165, 1.54) is 17.7 Å². The van der Waals surface area contributed by atoms with Gasteiger partial charge in [-0.3, -0.25) is 9.80 Å². The zero-order chi connectivity index (χ0) is 19.7. The van der Waals surface area contributed by atoms with Crippen molar-refractivity contribution in [3.8, 4) is 5.75 Å². The van der Waals surface area contributed by atoms with Crippen LogP contribution in [0.25, 0.3) is 0 Å². The average Bonchev–Trinajstić information content (AvgIpc) is 2.62. The van der Waals surface area contributed by atoms with E-state index in [9.17, 15) is 13.2 Å². The lowest BCUT2D eigenvalue weighted by Crippen LogP contribution is -2.50. The Morgan fingerprint density at radius 1 is 1.04 bits per heavy atom. The Kier molecular flexibility index (Phi) is 5.26. The van der Waals surface area contributed by atoms with Crippen molar-refractivity contribution >= 4 is 15.9 Å². The molecular weight excluding hydrogens is 364 g/mol. The maximum atomic E-state index is 12.5. The van der Waals surface area contributed by atoms with Gasteiger partial charge in [-0.15, -0.1) is 4.83 Å². The minimum atomic E-state index is -3.72. The molecule has 0 unspecified atom stereocenters. The highest BCUT2D eigenvalue weighted by atomic mass is 32.2. The molecule has 3 rings (SSSR count). The zero-order valence-electron chi connectivity index (χ0n) is 15.7. The van der Waals surface area contributed by atoms with Gasteiger partial charge in [-0.25, -0.2) is 8.42 Å². The number of carbonyl (C=O) groups excluding carboxylic acids is 1. The highest BCUT2D eigenvalue weighted by molar-refractivity contribution is 7.89. The minimum Gasteiger partial charge on any atom is -0.494 e. The highest BCUT2D eigenvalue weighted by Crippen LogP contribution is 2.24. The van der Waals surface area contributed by atoms with Crippen molar-refractivity contribution in [2.45, 2.75) is 37.5 Å². The van der Waals surface area contributed by atoms with Crippen LogP contribution >= 0.6 is 0 Å². The molecule has 27 heavy (non-hydrogen) atoms. The maximum Gasteiger partial charge on any atom is 0.270 e. The van der Waals surface area contributed by atoms with Crippen LogP contribution in [0, 0.1) is 0 Å². The highest BCUT2D eigenvalue weighted by Gasteiger charge is 2.33. The first kappa shape index (κ1) is 19.4. The third-order valence-corrected chi connectivity index (χ3v) is 5.79. The summed E-state index contributed by atoms with van der Waals surface area (Å²) in [7, 11) is -3.72. The van der Waals surface area contributed by atoms with E-state index in [1.54, 1.807) is 12.1 Å². The number of fused-ring (bicyclic) bond motifs is 1. The number of rotatable bonds is 5. The van der Waals surface area contributed by atoms with Crippen molar-refractivity contribution in [1.82, 2.24) is 9.84 Å². The Bertz CT molecular complexity index is 931. The summed E-state index contributed by atoms with van der Waals surface area (Å²) in [5, 5.41) is 1.13. The molecular formula is C20H24N2O4S. The molecule has 2 aromatic carbocycles. The second-order valence-corrected chi connectivity index (χ2v) is 9.15. The van der Waals surface area contributed by atoms with Gasteiger partial charge in [0.1, 0.15) is 5.75 Å². The van der Waals surface area contributed by atoms with Gasteiger partial charge in [0, 0.05) is 13.0 Å². The van der Waals surface area contributed by atoms with Crippen LogP contribution in [0.4, 0.5) is 0 Å². The lowest BCUT2D eigenvalue weighted by atomic mass is 9.87. The minimum absolute atomic E-state index is 0.0152. The number of hydrogen-bond donors (Lipinski definition) is 1. The van der Waals surface area contributed by atoms with Crippen LogP contribution < -0.4 is 9.57 Å². The van der Waals surface area contributed by atoms with Crippen LogP contribution in [0.1, 0.15) is 43.1 Å². The van der Waals surface area contributed by atoms with Gasteiger partial charge >= 0.3 is 0 Å². The third-order valence-electron chi connectivity index (χ3n) is 4.40. The topological polar surface area (TPSA) is 75.7 Å². The molecule has 144 valence electrons. The fraction of sp³-hybridized carbons (Fsp3) is 0.350. The number of nitrogens with zero attached hydrogens (tertiary/aromatic N) is 1. The number of sulfonamides is 1. The van der Waals surface area contributed by atoms with Gasteiger partial charge in [0.2, 0.25) is 0 Å². The van der Waals surface area contributed by atoms with Crippen molar-refractivity contribution in [2.75, 3.05) is 13.2 Å². The summed E-state index contributed by atoms with van der Waals surface area (Å²) in [6.45, 7) is 7.06. The Morgan fingerprint density at radius 2 is 1.70 bits per heavy atom. The first-order valence-electron chi connectivity index (χ1n) is 8.85. The molecule has 0 aliphatic carbocycles. The molecule has 1 aliphatic heterocycles. The van der Waals surface area contributed by atoms with Crippen molar-refractivity contribution in [3.05, 3.63) is 59.7 Å². The number of nitrogens with one attached hydrogen (secondary N) is 1. The zero-order valence-corrected chi connectivity index (χ0v) is 16.5. The Hall–Kier alpha value is -2.38. The van der Waals surface area contributed by atoms with E-state index in [2.05, 4.69) is 25.6 Å². The quantitative estimate of drug-likeness (QED) is 0.799. The van der Waals surface area contributed by atoms with E-state index in [0.717, 1.165) is 10.8 Å². The fourth-order valence-electron chi connectivity index (χ4n) is 2.87. The van der Waals surface area contributed by atoms with Gasteiger partial charge in [-0.1, -0.05) is 45.0 Å². The Morgan fingerprint density at radius 3 is 2.37 bits per heavy atom. The van der Waals surface area contributed by atoms with Gasteiger partial charge in [0.15, 0.2) is 0 Å². The molecule has 0 spiro atoms. The van der Waals surface area contributed by atoms with Gasteiger partial charge in [-0.2, -0.15) is 0 Å². The largest absolute Gasteiger partial charge is 0.494 e. The molecule has 0 aromatic heterocycles. The van der Waals surface area contributed by atoms with Gasteiger partial charge < -0.3 is 4.74 Å². The number of ether oxygens (including phenoxy) is 1. The molecule has 0 atom stereocenters. The molecule has 7 heteroatoms. The van der Waals surface area contributed by atoms with E-state index < -0.39 is 10.0 Å². The summed E-state index contributed by atoms with van der Waals surface area (Å²) in [6, 6.07) is 14.1. The average molecular weight is 388 g/mol. The first-order chi connectivity index (χ1) is 12.7. The van der Waals surface area contributed by atoms with Crippen molar-refractivity contribution in [2.24, 2.45) is 0 Å². The summed E-state index contributed by atoms with van der Waals surface area (Å²) in [4.78, 5) is 14.8. The van der Waals surface area contributed by atoms with Crippen LogP contribution in [0.2, 0.25) is 0 Å². The molecule has 0 saturated heterocycles. The summed E-state index contributed by atoms with van der Waals surface area (Å²) in [6.07, 6.45) is 0.497. The lowest BCUT2D eigenvalue weighted by molar-refractivity contribution is 0.0692. The summed E-state index contributed by atoms with van der Waals surface area (Å²) >= 11 is 0. The smallest absolute Gasteiger partial charge is 0.270 e.